The van der Waals surface area contributed by atoms with E-state index in [2.05, 4.69) is 175 Å². The number of rotatable bonds is 7. The van der Waals surface area contributed by atoms with E-state index in [1.807, 2.05) is 91.3 Å². The first kappa shape index (κ1) is 44.0. The maximum absolute atomic E-state index is 6.83. The van der Waals surface area contributed by atoms with E-state index >= 15 is 0 Å². The Morgan fingerprint density at radius 1 is 0.500 bits per heavy atom. The minimum Gasteiger partial charge on any atom is -0.500 e. The van der Waals surface area contributed by atoms with Gasteiger partial charge >= 0.3 is 0 Å². The molecule has 0 aliphatic heterocycles. The summed E-state index contributed by atoms with van der Waals surface area (Å²) in [6, 6.07) is 80.3. The van der Waals surface area contributed by atoms with Crippen molar-refractivity contribution in [2.75, 3.05) is 0 Å². The minimum atomic E-state index is 0. The Labute approximate surface area is 410 Å². The van der Waals surface area contributed by atoms with Crippen LogP contribution in [0, 0.1) is 12.1 Å². The van der Waals surface area contributed by atoms with E-state index in [0.29, 0.717) is 0 Å². The molecule has 0 atom stereocenters. The molecule has 3 aromatic heterocycles. The van der Waals surface area contributed by atoms with E-state index in [1.165, 1.54) is 22.3 Å². The van der Waals surface area contributed by atoms with Gasteiger partial charge in [-0.25, -0.2) is 0 Å². The van der Waals surface area contributed by atoms with Crippen molar-refractivity contribution >= 4 is 33.0 Å². The number of benzene rings is 9. The van der Waals surface area contributed by atoms with E-state index < -0.39 is 0 Å². The topological polar surface area (TPSA) is 48.8 Å². The number of hydrogen-bond donors (Lipinski definition) is 0. The first-order valence-corrected chi connectivity index (χ1v) is 22.6. The van der Waals surface area contributed by atoms with Gasteiger partial charge in [0.05, 0.1) is 28.3 Å². The fourth-order valence-corrected chi connectivity index (χ4v) is 8.89. The zero-order valence-electron chi connectivity index (χ0n) is 37.9. The first-order chi connectivity index (χ1) is 32.9. The van der Waals surface area contributed by atoms with E-state index in [-0.39, 0.29) is 25.5 Å². The Kier molecular flexibility index (Phi) is 12.1. The van der Waals surface area contributed by atoms with Gasteiger partial charge in [0, 0.05) is 54.8 Å². The standard InChI is InChI=1S/C43H33N2O.C19H13N2.Ir/c1-43(2,3)34-21-17-31(18-22-34)33-27-38(32-13-8-5-9-14-32)41-39(28-33)36-15-10-16-37(40(36)46-41)42-44-25-26-45(42)35-23-19-30(20-24-35)29-11-6-4-7-12-29;1-3-9-15(10-4-1)19-20-17-13-7-8-14-18(17)21(19)16-11-5-2-6-12-16;/h4-15,17-28H,1-3H3;1-9,11-14H;/q2*-1;. The van der Waals surface area contributed by atoms with E-state index in [4.69, 9.17) is 14.4 Å². The van der Waals surface area contributed by atoms with Crippen molar-refractivity contribution in [2.24, 2.45) is 0 Å². The maximum Gasteiger partial charge on any atom is 0.128 e. The molecule has 0 saturated heterocycles. The Morgan fingerprint density at radius 3 is 1.84 bits per heavy atom. The Morgan fingerprint density at radius 2 is 1.13 bits per heavy atom. The third kappa shape index (κ3) is 8.52. The summed E-state index contributed by atoms with van der Waals surface area (Å²) in [5.41, 5.74) is 16.0. The van der Waals surface area contributed by atoms with Gasteiger partial charge < -0.3 is 13.6 Å². The van der Waals surface area contributed by atoms with Crippen LogP contribution >= 0.6 is 0 Å². The number of hydrogen-bond acceptors (Lipinski definition) is 3. The van der Waals surface area contributed by atoms with Crippen LogP contribution in [-0.4, -0.2) is 19.1 Å². The van der Waals surface area contributed by atoms with Crippen LogP contribution < -0.4 is 0 Å². The second kappa shape index (κ2) is 18.8. The molecule has 12 rings (SSSR count). The predicted molar refractivity (Wildman–Crippen MR) is 275 cm³/mol. The average molecular weight is 1060 g/mol. The van der Waals surface area contributed by atoms with Crippen LogP contribution in [0.4, 0.5) is 0 Å². The zero-order chi connectivity index (χ0) is 45.3. The van der Waals surface area contributed by atoms with Crippen molar-refractivity contribution in [1.82, 2.24) is 19.1 Å². The molecule has 12 aromatic rings. The van der Waals surface area contributed by atoms with Gasteiger partial charge in [0.2, 0.25) is 0 Å². The summed E-state index contributed by atoms with van der Waals surface area (Å²) in [6.45, 7) is 6.75. The van der Waals surface area contributed by atoms with E-state index in [1.54, 1.807) is 0 Å². The molecular formula is C62H46IrN4O-2. The van der Waals surface area contributed by atoms with Crippen LogP contribution in [0.1, 0.15) is 26.3 Å². The monoisotopic (exact) mass is 1060 g/mol. The fraction of sp³-hybridized carbons (Fsp3) is 0.0645. The number of imidazole rings is 2. The van der Waals surface area contributed by atoms with Crippen LogP contribution in [0.2, 0.25) is 0 Å². The molecule has 0 spiro atoms. The number of furan rings is 1. The van der Waals surface area contributed by atoms with Crippen molar-refractivity contribution in [1.29, 1.82) is 0 Å². The maximum atomic E-state index is 6.83. The van der Waals surface area contributed by atoms with Gasteiger partial charge in [-0.05, 0) is 87.3 Å². The average Bonchev–Trinajstić information content (AvgIpc) is 4.14. The Bertz CT molecular complexity index is 3630. The second-order valence-corrected chi connectivity index (χ2v) is 17.7. The van der Waals surface area contributed by atoms with E-state index in [9.17, 15) is 0 Å². The molecule has 6 heteroatoms. The quantitative estimate of drug-likeness (QED) is 0.149. The van der Waals surface area contributed by atoms with Crippen LogP contribution in [0.25, 0.3) is 101 Å². The third-order valence-corrected chi connectivity index (χ3v) is 12.3. The van der Waals surface area contributed by atoms with Gasteiger partial charge in [-0.3, -0.25) is 9.97 Å². The summed E-state index contributed by atoms with van der Waals surface area (Å²) >= 11 is 0. The van der Waals surface area contributed by atoms with Crippen LogP contribution in [0.3, 0.4) is 0 Å². The van der Waals surface area contributed by atoms with Crippen molar-refractivity contribution in [2.45, 2.75) is 26.2 Å². The molecule has 0 bridgehead atoms. The van der Waals surface area contributed by atoms with Gasteiger partial charge in [-0.1, -0.05) is 159 Å². The molecule has 0 saturated carbocycles. The molecule has 5 nitrogen and oxygen atoms in total. The molecule has 1 radical (unpaired) electrons. The first-order valence-electron chi connectivity index (χ1n) is 22.6. The van der Waals surface area contributed by atoms with Crippen molar-refractivity contribution in [3.05, 3.63) is 242 Å². The molecule has 331 valence electrons. The van der Waals surface area contributed by atoms with Crippen LogP contribution in [0.5, 0.6) is 0 Å². The molecule has 68 heavy (non-hydrogen) atoms. The SMILES string of the molecule is CC(C)(C)c1ccc(-c2cc(-c3ccccc3)c3oc4c(-c5nccn5-c5ccc(-c6ccccc6)cc5)[c-]ccc4c3c2)cc1.[Ir].[c-]1ccccc1-c1nc2ccccc2n1-c1ccccc1. The van der Waals surface area contributed by atoms with Gasteiger partial charge in [0.25, 0.3) is 0 Å². The minimum absolute atomic E-state index is 0. The summed E-state index contributed by atoms with van der Waals surface area (Å²) in [5.74, 6) is 1.71. The molecule has 9 aromatic carbocycles. The smallest absolute Gasteiger partial charge is 0.128 e. The Hall–Kier alpha value is -7.89. The van der Waals surface area contributed by atoms with Gasteiger partial charge in [0.1, 0.15) is 5.58 Å². The summed E-state index contributed by atoms with van der Waals surface area (Å²) < 4.78 is 11.1. The molecule has 0 unspecified atom stereocenters. The molecule has 0 amide bonds. The molecule has 0 N–H and O–H groups in total. The normalized spacial score (nSPS) is 11.3. The van der Waals surface area contributed by atoms with Crippen LogP contribution in [0.15, 0.2) is 229 Å². The molecule has 3 heterocycles. The van der Waals surface area contributed by atoms with Gasteiger partial charge in [-0.15, -0.1) is 54.1 Å². The predicted octanol–water partition coefficient (Wildman–Crippen LogP) is 16.0. The molecule has 0 fully saturated rings. The van der Waals surface area contributed by atoms with Crippen molar-refractivity contribution in [3.8, 4) is 67.5 Å². The zero-order valence-corrected chi connectivity index (χ0v) is 40.3. The van der Waals surface area contributed by atoms with Crippen molar-refractivity contribution < 1.29 is 24.5 Å². The largest absolute Gasteiger partial charge is 0.500 e. The summed E-state index contributed by atoms with van der Waals surface area (Å²) in [4.78, 5) is 9.60. The van der Waals surface area contributed by atoms with Crippen LogP contribution in [-0.2, 0) is 25.5 Å². The second-order valence-electron chi connectivity index (χ2n) is 17.7. The number of fused-ring (bicyclic) bond motifs is 4. The number of aromatic nitrogens is 4. The summed E-state index contributed by atoms with van der Waals surface area (Å²) in [7, 11) is 0. The van der Waals surface area contributed by atoms with Gasteiger partial charge in [0.15, 0.2) is 0 Å². The summed E-state index contributed by atoms with van der Waals surface area (Å²) in [6.07, 6.45) is 3.83. The van der Waals surface area contributed by atoms with Crippen molar-refractivity contribution in [3.63, 3.8) is 0 Å². The number of nitrogens with zero attached hydrogens (tertiary/aromatic N) is 4. The molecule has 0 aliphatic rings. The Balaban J connectivity index is 0.000000204. The molecular weight excluding hydrogens is 1010 g/mol. The van der Waals surface area contributed by atoms with Gasteiger partial charge in [-0.2, -0.15) is 0 Å². The number of para-hydroxylation sites is 3. The summed E-state index contributed by atoms with van der Waals surface area (Å²) in [5, 5.41) is 2.12. The molecule has 0 aliphatic carbocycles. The third-order valence-electron chi connectivity index (χ3n) is 12.3. The van der Waals surface area contributed by atoms with E-state index in [0.717, 1.165) is 83.8 Å². The fourth-order valence-electron chi connectivity index (χ4n) is 8.89.